The van der Waals surface area contributed by atoms with Crippen molar-refractivity contribution in [2.45, 2.75) is 0 Å². The summed E-state index contributed by atoms with van der Waals surface area (Å²) in [6.45, 7) is -0.0270. The Morgan fingerprint density at radius 2 is 1.67 bits per heavy atom. The van der Waals surface area contributed by atoms with Gasteiger partial charge in [-0.05, 0) is 42.5 Å². The van der Waals surface area contributed by atoms with E-state index in [1.807, 2.05) is 0 Å². The van der Waals surface area contributed by atoms with Crippen LogP contribution in [-0.2, 0) is 0 Å². The fourth-order valence-electron chi connectivity index (χ4n) is 3.40. The standard InChI is InChI=1S/C23H14ClN5O6S/c24-16-3-5-17(6-4-16)26-23-27(20(12-36-23)14-1-7-18(8-2-14)28(30)31)25-11-15-9-21-22(35-13-34-21)10-19(15)29(32)33/h1-12H,13H2. The van der Waals surface area contributed by atoms with E-state index in [4.69, 9.17) is 21.1 Å². The highest BCUT2D eigenvalue weighted by atomic mass is 35.5. The highest BCUT2D eigenvalue weighted by Crippen LogP contribution is 2.37. The Morgan fingerprint density at radius 1 is 0.972 bits per heavy atom. The summed E-state index contributed by atoms with van der Waals surface area (Å²) in [6, 6.07) is 15.6. The summed E-state index contributed by atoms with van der Waals surface area (Å²) in [5, 5.41) is 29.6. The fourth-order valence-corrected chi connectivity index (χ4v) is 4.38. The zero-order valence-corrected chi connectivity index (χ0v) is 19.7. The van der Waals surface area contributed by atoms with E-state index >= 15 is 0 Å². The van der Waals surface area contributed by atoms with E-state index < -0.39 is 9.85 Å². The van der Waals surface area contributed by atoms with Gasteiger partial charge in [0.15, 0.2) is 11.5 Å². The number of thiazole rings is 1. The van der Waals surface area contributed by atoms with Gasteiger partial charge in [-0.1, -0.05) is 11.6 Å². The second-order valence-corrected chi connectivity index (χ2v) is 8.65. The molecule has 0 N–H and O–H groups in total. The second kappa shape index (κ2) is 9.60. The zero-order valence-electron chi connectivity index (χ0n) is 18.1. The first kappa shape index (κ1) is 23.2. The van der Waals surface area contributed by atoms with Crippen LogP contribution in [0.1, 0.15) is 5.56 Å². The van der Waals surface area contributed by atoms with Crippen LogP contribution in [0.5, 0.6) is 11.5 Å². The van der Waals surface area contributed by atoms with E-state index in [9.17, 15) is 20.2 Å². The lowest BCUT2D eigenvalue weighted by Crippen LogP contribution is -2.11. The lowest BCUT2D eigenvalue weighted by Gasteiger charge is -2.05. The van der Waals surface area contributed by atoms with Crippen molar-refractivity contribution in [2.24, 2.45) is 10.1 Å². The van der Waals surface area contributed by atoms with Gasteiger partial charge in [-0.2, -0.15) is 5.10 Å². The Morgan fingerprint density at radius 3 is 2.33 bits per heavy atom. The van der Waals surface area contributed by atoms with E-state index in [0.717, 1.165) is 0 Å². The lowest BCUT2D eigenvalue weighted by atomic mass is 10.1. The van der Waals surface area contributed by atoms with Gasteiger partial charge >= 0.3 is 0 Å². The molecule has 0 fully saturated rings. The van der Waals surface area contributed by atoms with Crippen LogP contribution in [0.3, 0.4) is 0 Å². The number of benzene rings is 3. The minimum absolute atomic E-state index is 0.0270. The number of non-ortho nitro benzene ring substituents is 1. The Balaban J connectivity index is 1.64. The van der Waals surface area contributed by atoms with Crippen LogP contribution in [0.2, 0.25) is 5.02 Å². The summed E-state index contributed by atoms with van der Waals surface area (Å²) >= 11 is 7.26. The molecule has 0 bridgehead atoms. The number of fused-ring (bicyclic) bond motifs is 1. The van der Waals surface area contributed by atoms with Crippen molar-refractivity contribution < 1.29 is 19.3 Å². The number of ether oxygens (including phenoxy) is 2. The van der Waals surface area contributed by atoms with Crippen LogP contribution in [0.25, 0.3) is 11.3 Å². The molecular weight excluding hydrogens is 510 g/mol. The summed E-state index contributed by atoms with van der Waals surface area (Å²) in [6.07, 6.45) is 1.34. The number of hydrogen-bond donors (Lipinski definition) is 0. The molecule has 0 aliphatic carbocycles. The molecule has 1 aromatic heterocycles. The number of nitrogens with zero attached hydrogens (tertiary/aromatic N) is 5. The summed E-state index contributed by atoms with van der Waals surface area (Å²) in [7, 11) is 0. The van der Waals surface area contributed by atoms with E-state index in [-0.39, 0.29) is 29.5 Å². The van der Waals surface area contributed by atoms with Crippen molar-refractivity contribution in [2.75, 3.05) is 6.79 Å². The SMILES string of the molecule is O=[N+]([O-])c1ccc(-c2csc(=Nc3ccc(Cl)cc3)n2N=Cc2cc3c(cc2[N+](=O)[O-])OCO3)cc1. The highest BCUT2D eigenvalue weighted by molar-refractivity contribution is 7.07. The number of rotatable bonds is 6. The topological polar surface area (TPSA) is 134 Å². The quantitative estimate of drug-likeness (QED) is 0.185. The predicted octanol–water partition coefficient (Wildman–Crippen LogP) is 5.53. The van der Waals surface area contributed by atoms with Gasteiger partial charge in [0.25, 0.3) is 11.4 Å². The number of nitro benzene ring substituents is 2. The summed E-state index contributed by atoms with van der Waals surface area (Å²) in [5.74, 6) is 0.658. The molecule has 2 heterocycles. The fraction of sp³-hybridized carbons (Fsp3) is 0.0435. The van der Waals surface area contributed by atoms with Crippen molar-refractivity contribution in [1.82, 2.24) is 4.68 Å². The number of aromatic nitrogens is 1. The third-order valence-electron chi connectivity index (χ3n) is 5.14. The number of nitro groups is 2. The third-order valence-corrected chi connectivity index (χ3v) is 6.21. The molecular formula is C23H14ClN5O6S. The van der Waals surface area contributed by atoms with E-state index in [1.54, 1.807) is 41.8 Å². The van der Waals surface area contributed by atoms with Crippen LogP contribution in [0.15, 0.2) is 76.1 Å². The molecule has 1 aliphatic heterocycles. The molecule has 1 aliphatic rings. The molecule has 5 rings (SSSR count). The van der Waals surface area contributed by atoms with E-state index in [2.05, 4.69) is 10.1 Å². The molecule has 11 nitrogen and oxygen atoms in total. The lowest BCUT2D eigenvalue weighted by molar-refractivity contribution is -0.385. The van der Waals surface area contributed by atoms with Crippen LogP contribution in [0, 0.1) is 20.2 Å². The maximum atomic E-state index is 11.7. The van der Waals surface area contributed by atoms with E-state index in [0.29, 0.717) is 32.5 Å². The van der Waals surface area contributed by atoms with Crippen molar-refractivity contribution >= 4 is 46.2 Å². The molecule has 0 atom stereocenters. The molecule has 36 heavy (non-hydrogen) atoms. The minimum atomic E-state index is -0.530. The second-order valence-electron chi connectivity index (χ2n) is 7.37. The smallest absolute Gasteiger partial charge is 0.282 e. The van der Waals surface area contributed by atoms with Crippen LogP contribution < -0.4 is 14.3 Å². The van der Waals surface area contributed by atoms with E-state index in [1.165, 1.54) is 46.5 Å². The van der Waals surface area contributed by atoms with Gasteiger partial charge in [-0.25, -0.2) is 9.67 Å². The third kappa shape index (κ3) is 4.67. The Bertz CT molecular complexity index is 1580. The summed E-state index contributed by atoms with van der Waals surface area (Å²) in [4.78, 5) is 26.8. The molecule has 0 amide bonds. The molecule has 4 aromatic rings. The summed E-state index contributed by atoms with van der Waals surface area (Å²) < 4.78 is 12.1. The molecule has 0 radical (unpaired) electrons. The first-order valence-corrected chi connectivity index (χ1v) is 11.5. The van der Waals surface area contributed by atoms with Crippen LogP contribution in [-0.4, -0.2) is 27.5 Å². The maximum Gasteiger partial charge on any atom is 0.282 e. The molecule has 180 valence electrons. The number of halogens is 1. The summed E-state index contributed by atoms with van der Waals surface area (Å²) in [5.41, 5.74) is 1.80. The monoisotopic (exact) mass is 523 g/mol. The Hall–Kier alpha value is -4.55. The van der Waals surface area contributed by atoms with Crippen LogP contribution >= 0.6 is 22.9 Å². The molecule has 0 saturated heterocycles. The van der Waals surface area contributed by atoms with Gasteiger partial charge in [-0.15, -0.1) is 11.3 Å². The van der Waals surface area contributed by atoms with Gasteiger partial charge in [0, 0.05) is 28.1 Å². The van der Waals surface area contributed by atoms with Gasteiger partial charge in [0.2, 0.25) is 11.6 Å². The zero-order chi connectivity index (χ0) is 25.2. The molecule has 3 aromatic carbocycles. The van der Waals surface area contributed by atoms with Crippen molar-refractivity contribution in [3.8, 4) is 22.8 Å². The van der Waals surface area contributed by atoms with Crippen LogP contribution in [0.4, 0.5) is 17.1 Å². The largest absolute Gasteiger partial charge is 0.454 e. The van der Waals surface area contributed by atoms with Crippen molar-refractivity contribution in [3.63, 3.8) is 0 Å². The molecule has 0 saturated carbocycles. The first-order chi connectivity index (χ1) is 17.4. The minimum Gasteiger partial charge on any atom is -0.454 e. The average Bonchev–Trinajstić information content (AvgIpc) is 3.49. The maximum absolute atomic E-state index is 11.7. The molecule has 13 heteroatoms. The highest BCUT2D eigenvalue weighted by Gasteiger charge is 2.22. The van der Waals surface area contributed by atoms with Gasteiger partial charge in [0.05, 0.1) is 39.1 Å². The average molecular weight is 524 g/mol. The van der Waals surface area contributed by atoms with Gasteiger partial charge < -0.3 is 9.47 Å². The van der Waals surface area contributed by atoms with Crippen molar-refractivity contribution in [1.29, 1.82) is 0 Å². The number of hydrogen-bond acceptors (Lipinski definition) is 9. The Kier molecular flexibility index (Phi) is 6.19. The molecule has 0 spiro atoms. The predicted molar refractivity (Wildman–Crippen MR) is 133 cm³/mol. The normalized spacial score (nSPS) is 12.9. The van der Waals surface area contributed by atoms with Gasteiger partial charge in [-0.3, -0.25) is 20.2 Å². The Labute approximate surface area is 211 Å². The molecule has 0 unspecified atom stereocenters. The first-order valence-electron chi connectivity index (χ1n) is 10.3. The van der Waals surface area contributed by atoms with Crippen molar-refractivity contribution in [3.05, 3.63) is 102 Å². The van der Waals surface area contributed by atoms with Gasteiger partial charge in [0.1, 0.15) is 0 Å².